The van der Waals surface area contributed by atoms with Crippen LogP contribution < -0.4 is 15.8 Å². The molecule has 1 unspecified atom stereocenters. The molecule has 1 aromatic heterocycles. The molecule has 31 heavy (non-hydrogen) atoms. The fourth-order valence-electron chi connectivity index (χ4n) is 3.64. The highest BCUT2D eigenvalue weighted by atomic mass is 31.2. The van der Waals surface area contributed by atoms with Gasteiger partial charge in [-0.25, -0.2) is 9.36 Å². The van der Waals surface area contributed by atoms with Crippen LogP contribution in [0, 0.1) is 0 Å². The molecule has 11 nitrogen and oxygen atoms in total. The number of para-hydroxylation sites is 1. The first kappa shape index (κ1) is 22.1. The van der Waals surface area contributed by atoms with Crippen LogP contribution in [0.25, 0.3) is 0 Å². The Balaban J connectivity index is 1.62. The Morgan fingerprint density at radius 3 is 2.71 bits per heavy atom. The van der Waals surface area contributed by atoms with Crippen LogP contribution in [0.2, 0.25) is 0 Å². The zero-order valence-electron chi connectivity index (χ0n) is 17.0. The standard InChI is InChI=1S/C17H21B2N2O9P/c1-16(13(24)12(23)14(28-16)21-7-6-11(22)20-15(21)25)17(18,19)30-31(26)27-8-9-4-2-3-5-10(9)29-31/h2-7,12-14,23-24H,8,18-19H2,1H3,(H,20,22,25)/t12-,13+,14-,16+,31?/m1/s1. The number of nitrogens with one attached hydrogen (secondary N) is 1. The lowest BCUT2D eigenvalue weighted by Gasteiger charge is -2.44. The number of aliphatic hydroxyl groups excluding tert-OH is 2. The number of aromatic amines is 1. The van der Waals surface area contributed by atoms with Crippen LogP contribution in [0.15, 0.2) is 46.1 Å². The summed E-state index contributed by atoms with van der Waals surface area (Å²) in [5, 5.41) is 19.9. The van der Waals surface area contributed by atoms with Gasteiger partial charge in [-0.1, -0.05) is 18.2 Å². The molecule has 2 aliphatic rings. The molecule has 1 fully saturated rings. The zero-order valence-corrected chi connectivity index (χ0v) is 17.9. The van der Waals surface area contributed by atoms with E-state index < -0.39 is 48.5 Å². The molecule has 0 saturated carbocycles. The van der Waals surface area contributed by atoms with Crippen molar-refractivity contribution in [2.75, 3.05) is 0 Å². The first-order valence-electron chi connectivity index (χ1n) is 9.54. The number of hydrogen-bond acceptors (Lipinski definition) is 9. The number of rotatable bonds is 4. The third kappa shape index (κ3) is 3.71. The van der Waals surface area contributed by atoms with Crippen molar-refractivity contribution >= 4 is 23.5 Å². The van der Waals surface area contributed by atoms with Crippen LogP contribution in [0.4, 0.5) is 0 Å². The average molecular weight is 450 g/mol. The highest BCUT2D eigenvalue weighted by Gasteiger charge is 2.61. The molecular weight excluding hydrogens is 429 g/mol. The van der Waals surface area contributed by atoms with Gasteiger partial charge in [0.05, 0.1) is 6.61 Å². The molecule has 1 saturated heterocycles. The van der Waals surface area contributed by atoms with Gasteiger partial charge in [0, 0.05) is 23.2 Å². The van der Waals surface area contributed by atoms with Gasteiger partial charge < -0.3 is 19.5 Å². The second kappa shape index (κ2) is 7.47. The van der Waals surface area contributed by atoms with Crippen LogP contribution in [0.5, 0.6) is 5.75 Å². The predicted molar refractivity (Wildman–Crippen MR) is 112 cm³/mol. The largest absolute Gasteiger partial charge is 0.529 e. The van der Waals surface area contributed by atoms with Gasteiger partial charge in [0.25, 0.3) is 5.56 Å². The summed E-state index contributed by atoms with van der Waals surface area (Å²) in [5.74, 6) is 0.351. The van der Waals surface area contributed by atoms with Gasteiger partial charge in [-0.3, -0.25) is 23.4 Å². The molecule has 0 amide bonds. The van der Waals surface area contributed by atoms with Crippen molar-refractivity contribution in [1.29, 1.82) is 0 Å². The van der Waals surface area contributed by atoms with Crippen LogP contribution >= 0.6 is 7.82 Å². The summed E-state index contributed by atoms with van der Waals surface area (Å²) in [6, 6.07) is 7.98. The quantitative estimate of drug-likeness (QED) is 0.363. The van der Waals surface area contributed by atoms with Crippen LogP contribution in [0.3, 0.4) is 0 Å². The minimum absolute atomic E-state index is 0.00167. The van der Waals surface area contributed by atoms with Gasteiger partial charge in [-0.15, -0.1) is 0 Å². The number of aromatic nitrogens is 2. The second-order valence-corrected chi connectivity index (χ2v) is 9.61. The molecular formula is C17H21B2N2O9P. The Bertz CT molecular complexity index is 1170. The molecule has 0 aliphatic carbocycles. The first-order valence-corrected chi connectivity index (χ1v) is 11.0. The number of ether oxygens (including phenoxy) is 1. The summed E-state index contributed by atoms with van der Waals surface area (Å²) >= 11 is 0. The Kier molecular flexibility index (Phi) is 5.32. The van der Waals surface area contributed by atoms with Crippen molar-refractivity contribution in [1.82, 2.24) is 9.55 Å². The van der Waals surface area contributed by atoms with Crippen molar-refractivity contribution in [3.63, 3.8) is 0 Å². The minimum Gasteiger partial charge on any atom is -0.404 e. The molecule has 0 bridgehead atoms. The van der Waals surface area contributed by atoms with E-state index >= 15 is 0 Å². The third-order valence-corrected chi connectivity index (χ3v) is 7.31. The maximum Gasteiger partial charge on any atom is 0.529 e. The molecule has 0 spiro atoms. The maximum atomic E-state index is 13.2. The van der Waals surface area contributed by atoms with Crippen molar-refractivity contribution < 1.29 is 33.1 Å². The Morgan fingerprint density at radius 1 is 1.29 bits per heavy atom. The Hall–Kier alpha value is -2.14. The SMILES string of the molecule is BC(B)(OP1(=O)OCc2ccccc2O1)[C@@]1(C)O[C@@H](n2ccc(=O)[nH]c2=O)[C@H](O)[C@@H]1O. The Morgan fingerprint density at radius 2 is 2.00 bits per heavy atom. The van der Waals surface area contributed by atoms with Crippen molar-refractivity contribution in [2.45, 2.75) is 43.0 Å². The van der Waals surface area contributed by atoms with Gasteiger partial charge in [-0.2, -0.15) is 0 Å². The highest BCUT2D eigenvalue weighted by molar-refractivity contribution is 7.49. The molecule has 2 aromatic rings. The maximum absolute atomic E-state index is 13.2. The summed E-state index contributed by atoms with van der Waals surface area (Å²) < 4.78 is 36.6. The summed E-state index contributed by atoms with van der Waals surface area (Å²) in [4.78, 5) is 25.5. The predicted octanol–water partition coefficient (Wildman–Crippen LogP) is -1.80. The number of phosphoric acid groups is 1. The summed E-state index contributed by atoms with van der Waals surface area (Å²) in [6.07, 6.45) is -3.28. The van der Waals surface area contributed by atoms with E-state index in [1.807, 2.05) is 0 Å². The fourth-order valence-corrected chi connectivity index (χ4v) is 5.24. The van der Waals surface area contributed by atoms with E-state index in [1.165, 1.54) is 22.6 Å². The van der Waals surface area contributed by atoms with Gasteiger partial charge in [0.1, 0.15) is 39.3 Å². The number of aliphatic hydroxyl groups is 2. The van der Waals surface area contributed by atoms with Gasteiger partial charge in [0.2, 0.25) is 0 Å². The lowest BCUT2D eigenvalue weighted by molar-refractivity contribution is -0.142. The van der Waals surface area contributed by atoms with Gasteiger partial charge in [-0.05, 0) is 13.0 Å². The molecule has 4 rings (SSSR count). The topological polar surface area (TPSA) is 149 Å². The molecule has 3 N–H and O–H groups in total. The Labute approximate surface area is 178 Å². The smallest absolute Gasteiger partial charge is 0.404 e. The zero-order chi connectivity index (χ0) is 22.6. The van der Waals surface area contributed by atoms with Crippen molar-refractivity contribution in [2.24, 2.45) is 0 Å². The normalized spacial score (nSPS) is 32.9. The van der Waals surface area contributed by atoms with E-state index in [2.05, 4.69) is 4.98 Å². The average Bonchev–Trinajstić information content (AvgIpc) is 2.93. The number of phosphoric ester groups is 1. The van der Waals surface area contributed by atoms with E-state index in [0.717, 1.165) is 16.8 Å². The monoisotopic (exact) mass is 450 g/mol. The summed E-state index contributed by atoms with van der Waals surface area (Å²) in [5.41, 5.74) is -2.39. The lowest BCUT2D eigenvalue weighted by atomic mass is 9.55. The summed E-state index contributed by atoms with van der Waals surface area (Å²) in [7, 11) is -1.12. The number of nitrogens with zero attached hydrogens (tertiary/aromatic N) is 1. The van der Waals surface area contributed by atoms with Gasteiger partial charge >= 0.3 is 13.5 Å². The van der Waals surface area contributed by atoms with Crippen molar-refractivity contribution in [3.05, 3.63) is 62.9 Å². The molecule has 1 aromatic carbocycles. The van der Waals surface area contributed by atoms with Gasteiger partial charge in [0.15, 0.2) is 6.23 Å². The molecule has 164 valence electrons. The van der Waals surface area contributed by atoms with E-state index in [0.29, 0.717) is 11.3 Å². The van der Waals surface area contributed by atoms with Crippen molar-refractivity contribution in [3.8, 4) is 5.75 Å². The van der Waals surface area contributed by atoms with Crippen LogP contribution in [-0.4, -0.2) is 58.7 Å². The third-order valence-electron chi connectivity index (χ3n) is 5.77. The number of benzene rings is 1. The minimum atomic E-state index is -4.11. The van der Waals surface area contributed by atoms with Crippen LogP contribution in [-0.2, 0) is 25.0 Å². The molecule has 2 aliphatic heterocycles. The molecule has 14 heteroatoms. The lowest BCUT2D eigenvalue weighted by Crippen LogP contribution is -2.61. The number of H-pyrrole nitrogens is 1. The summed E-state index contributed by atoms with van der Waals surface area (Å²) in [6.45, 7) is 1.45. The molecule has 3 heterocycles. The van der Waals surface area contributed by atoms with E-state index in [4.69, 9.17) is 18.3 Å². The van der Waals surface area contributed by atoms with Crippen LogP contribution in [0.1, 0.15) is 18.7 Å². The molecule has 5 atom stereocenters. The number of hydrogen-bond donors (Lipinski definition) is 3. The second-order valence-electron chi connectivity index (χ2n) is 8.09. The fraction of sp³-hybridized carbons (Fsp3) is 0.412. The van der Waals surface area contributed by atoms with E-state index in [1.54, 1.807) is 24.3 Å². The highest BCUT2D eigenvalue weighted by Crippen LogP contribution is 2.58. The van der Waals surface area contributed by atoms with E-state index in [-0.39, 0.29) is 6.61 Å². The first-order chi connectivity index (χ1) is 14.5. The number of fused-ring (bicyclic) bond motifs is 1. The molecule has 0 radical (unpaired) electrons. The van der Waals surface area contributed by atoms with E-state index in [9.17, 15) is 24.4 Å².